The summed E-state index contributed by atoms with van der Waals surface area (Å²) in [6.45, 7) is 2.92. The molecule has 1 rings (SSSR count). The Hall–Kier alpha value is -0.670. The summed E-state index contributed by atoms with van der Waals surface area (Å²) in [7, 11) is 0. The number of Topliss-reactive ketones (excluding diaryl/α,β-unsaturated/α-hetero) is 1. The Balaban J connectivity index is 2.34. The fourth-order valence-electron chi connectivity index (χ4n) is 1.98. The average molecular weight is 239 g/mol. The summed E-state index contributed by atoms with van der Waals surface area (Å²) < 4.78 is 0. The van der Waals surface area contributed by atoms with Gasteiger partial charge < -0.3 is 5.73 Å². The van der Waals surface area contributed by atoms with Crippen molar-refractivity contribution in [2.45, 2.75) is 39.0 Å². The van der Waals surface area contributed by atoms with Crippen LogP contribution in [0.25, 0.3) is 0 Å². The van der Waals surface area contributed by atoms with Crippen molar-refractivity contribution in [2.24, 2.45) is 11.7 Å². The third-order valence-electron chi connectivity index (χ3n) is 2.89. The number of ketones is 1. The van der Waals surface area contributed by atoms with Crippen LogP contribution in [0.15, 0.2) is 16.8 Å². The van der Waals surface area contributed by atoms with Crippen molar-refractivity contribution in [1.82, 2.24) is 0 Å². The smallest absolute Gasteiger partial charge is 0.163 e. The Kier molecular flexibility index (Phi) is 6.34. The minimum Gasteiger partial charge on any atom is -0.330 e. The molecule has 1 aromatic heterocycles. The molecule has 0 saturated carbocycles. The fraction of sp³-hybridized carbons (Fsp3) is 0.615. The SMILES string of the molecule is CCCC(CCN)CCC(=O)c1ccsc1. The topological polar surface area (TPSA) is 43.1 Å². The van der Waals surface area contributed by atoms with Gasteiger partial charge in [0, 0.05) is 17.4 Å². The normalized spacial score (nSPS) is 12.6. The number of hydrogen-bond acceptors (Lipinski definition) is 3. The lowest BCUT2D eigenvalue weighted by molar-refractivity contribution is 0.0972. The largest absolute Gasteiger partial charge is 0.330 e. The number of nitrogens with two attached hydrogens (primary N) is 1. The zero-order valence-corrected chi connectivity index (χ0v) is 10.8. The second-order valence-electron chi connectivity index (χ2n) is 4.21. The standard InChI is InChI=1S/C13H21NOS/c1-2-3-11(6-8-14)4-5-13(15)12-7-9-16-10-12/h7,9-11H,2-6,8,14H2,1H3. The predicted molar refractivity (Wildman–Crippen MR) is 70.0 cm³/mol. The van der Waals surface area contributed by atoms with Gasteiger partial charge in [-0.15, -0.1) is 0 Å². The average Bonchev–Trinajstić information content (AvgIpc) is 2.79. The van der Waals surface area contributed by atoms with Crippen LogP contribution >= 0.6 is 11.3 Å². The van der Waals surface area contributed by atoms with E-state index in [-0.39, 0.29) is 5.78 Å². The van der Waals surface area contributed by atoms with E-state index in [4.69, 9.17) is 5.73 Å². The van der Waals surface area contributed by atoms with Crippen LogP contribution in [0.4, 0.5) is 0 Å². The van der Waals surface area contributed by atoms with Crippen LogP contribution in [0, 0.1) is 5.92 Å². The molecule has 0 aliphatic heterocycles. The Morgan fingerprint density at radius 1 is 1.44 bits per heavy atom. The van der Waals surface area contributed by atoms with Crippen molar-refractivity contribution >= 4 is 17.1 Å². The van der Waals surface area contributed by atoms with Crippen LogP contribution in [0.5, 0.6) is 0 Å². The van der Waals surface area contributed by atoms with Crippen LogP contribution < -0.4 is 5.73 Å². The Labute approximate surface area is 102 Å². The second-order valence-corrected chi connectivity index (χ2v) is 4.99. The molecule has 0 aliphatic rings. The van der Waals surface area contributed by atoms with Gasteiger partial charge in [0.25, 0.3) is 0 Å². The number of carbonyl (C=O) groups is 1. The van der Waals surface area contributed by atoms with Gasteiger partial charge in [-0.2, -0.15) is 11.3 Å². The van der Waals surface area contributed by atoms with Crippen molar-refractivity contribution in [1.29, 1.82) is 0 Å². The van der Waals surface area contributed by atoms with E-state index in [0.717, 1.165) is 24.9 Å². The van der Waals surface area contributed by atoms with Crippen molar-refractivity contribution in [3.63, 3.8) is 0 Å². The summed E-state index contributed by atoms with van der Waals surface area (Å²) >= 11 is 1.58. The molecule has 0 aromatic carbocycles. The highest BCUT2D eigenvalue weighted by molar-refractivity contribution is 7.08. The first-order valence-electron chi connectivity index (χ1n) is 6.03. The molecule has 2 N–H and O–H groups in total. The molecule has 0 amide bonds. The molecule has 1 heterocycles. The minimum absolute atomic E-state index is 0.277. The van der Waals surface area contributed by atoms with E-state index in [1.807, 2.05) is 16.8 Å². The van der Waals surface area contributed by atoms with Crippen LogP contribution in [0.1, 0.15) is 49.4 Å². The van der Waals surface area contributed by atoms with E-state index in [1.54, 1.807) is 11.3 Å². The van der Waals surface area contributed by atoms with Crippen molar-refractivity contribution in [3.05, 3.63) is 22.4 Å². The highest BCUT2D eigenvalue weighted by Crippen LogP contribution is 2.19. The fourth-order valence-corrected chi connectivity index (χ4v) is 2.64. The van der Waals surface area contributed by atoms with Crippen LogP contribution in [0.2, 0.25) is 0 Å². The van der Waals surface area contributed by atoms with Crippen molar-refractivity contribution < 1.29 is 4.79 Å². The predicted octanol–water partition coefficient (Wildman–Crippen LogP) is 3.48. The quantitative estimate of drug-likeness (QED) is 0.706. The molecular weight excluding hydrogens is 218 g/mol. The zero-order chi connectivity index (χ0) is 11.8. The molecule has 16 heavy (non-hydrogen) atoms. The molecule has 0 spiro atoms. The summed E-state index contributed by atoms with van der Waals surface area (Å²) in [5, 5.41) is 3.89. The van der Waals surface area contributed by atoms with Crippen molar-refractivity contribution in [3.8, 4) is 0 Å². The Bertz CT molecular complexity index is 289. The zero-order valence-electron chi connectivity index (χ0n) is 9.95. The lowest BCUT2D eigenvalue weighted by Gasteiger charge is -2.13. The highest BCUT2D eigenvalue weighted by atomic mass is 32.1. The third kappa shape index (κ3) is 4.45. The summed E-state index contributed by atoms with van der Waals surface area (Å²) in [5.41, 5.74) is 6.45. The molecule has 0 radical (unpaired) electrons. The maximum absolute atomic E-state index is 11.8. The summed E-state index contributed by atoms with van der Waals surface area (Å²) in [5.74, 6) is 0.900. The van der Waals surface area contributed by atoms with Gasteiger partial charge in [0.15, 0.2) is 5.78 Å². The molecule has 1 atom stereocenters. The molecule has 0 bridgehead atoms. The van der Waals surface area contributed by atoms with Gasteiger partial charge in [0.1, 0.15) is 0 Å². The van der Waals surface area contributed by atoms with Gasteiger partial charge >= 0.3 is 0 Å². The second kappa shape index (κ2) is 7.58. The van der Waals surface area contributed by atoms with Gasteiger partial charge in [0.2, 0.25) is 0 Å². The number of rotatable bonds is 8. The van der Waals surface area contributed by atoms with E-state index >= 15 is 0 Å². The summed E-state index contributed by atoms with van der Waals surface area (Å²) in [6.07, 6.45) is 5.07. The van der Waals surface area contributed by atoms with E-state index < -0.39 is 0 Å². The minimum atomic E-state index is 0.277. The Morgan fingerprint density at radius 3 is 2.81 bits per heavy atom. The van der Waals surface area contributed by atoms with Crippen LogP contribution in [-0.4, -0.2) is 12.3 Å². The Morgan fingerprint density at radius 2 is 2.25 bits per heavy atom. The lowest BCUT2D eigenvalue weighted by atomic mass is 9.93. The lowest BCUT2D eigenvalue weighted by Crippen LogP contribution is -2.10. The van der Waals surface area contributed by atoms with Crippen LogP contribution in [0.3, 0.4) is 0 Å². The van der Waals surface area contributed by atoms with Gasteiger partial charge in [-0.1, -0.05) is 19.8 Å². The maximum atomic E-state index is 11.8. The number of carbonyl (C=O) groups excluding carboxylic acids is 1. The van der Waals surface area contributed by atoms with E-state index in [2.05, 4.69) is 6.92 Å². The highest BCUT2D eigenvalue weighted by Gasteiger charge is 2.11. The maximum Gasteiger partial charge on any atom is 0.163 e. The first-order valence-corrected chi connectivity index (χ1v) is 6.97. The molecule has 1 unspecified atom stereocenters. The van der Waals surface area contributed by atoms with Crippen molar-refractivity contribution in [2.75, 3.05) is 6.54 Å². The molecule has 2 nitrogen and oxygen atoms in total. The van der Waals surface area contributed by atoms with Gasteiger partial charge in [-0.3, -0.25) is 4.79 Å². The van der Waals surface area contributed by atoms with E-state index in [1.165, 1.54) is 12.8 Å². The summed E-state index contributed by atoms with van der Waals surface area (Å²) in [6, 6.07) is 1.91. The number of hydrogen-bond donors (Lipinski definition) is 1. The molecule has 0 fully saturated rings. The molecule has 3 heteroatoms. The molecule has 0 aliphatic carbocycles. The first-order chi connectivity index (χ1) is 7.77. The number of thiophene rings is 1. The third-order valence-corrected chi connectivity index (χ3v) is 3.58. The van der Waals surface area contributed by atoms with Gasteiger partial charge in [-0.05, 0) is 36.8 Å². The first kappa shape index (κ1) is 13.4. The molecule has 0 saturated heterocycles. The molecule has 1 aromatic rings. The molecular formula is C13H21NOS. The summed E-state index contributed by atoms with van der Waals surface area (Å²) in [4.78, 5) is 11.8. The van der Waals surface area contributed by atoms with Gasteiger partial charge in [0.05, 0.1) is 0 Å². The monoisotopic (exact) mass is 239 g/mol. The van der Waals surface area contributed by atoms with E-state index in [0.29, 0.717) is 12.3 Å². The van der Waals surface area contributed by atoms with Crippen LogP contribution in [-0.2, 0) is 0 Å². The molecule has 90 valence electrons. The van der Waals surface area contributed by atoms with Gasteiger partial charge in [-0.25, -0.2) is 0 Å². The van der Waals surface area contributed by atoms with E-state index in [9.17, 15) is 4.79 Å².